The molecule has 0 saturated heterocycles. The quantitative estimate of drug-likeness (QED) is 0.517. The zero-order valence-corrected chi connectivity index (χ0v) is 19.8. The number of rotatable bonds is 8. The number of carboxylic acid groups (broad SMARTS) is 1. The molecular weight excluding hydrogens is 444 g/mol. The molecule has 0 aliphatic heterocycles. The van der Waals surface area contributed by atoms with Crippen LogP contribution in [0.3, 0.4) is 0 Å². The van der Waals surface area contributed by atoms with Crippen molar-refractivity contribution >= 4 is 18.0 Å². The summed E-state index contributed by atoms with van der Waals surface area (Å²) in [7, 11) is 0. The molecule has 0 unspecified atom stereocenters. The fourth-order valence-electron chi connectivity index (χ4n) is 6.10. The number of carbonyl (C=O) groups is 3. The van der Waals surface area contributed by atoms with E-state index >= 15 is 0 Å². The third-order valence-corrected chi connectivity index (χ3v) is 7.83. The van der Waals surface area contributed by atoms with E-state index in [1.165, 1.54) is 11.1 Å². The molecule has 0 aromatic heterocycles. The third kappa shape index (κ3) is 5.04. The van der Waals surface area contributed by atoms with Crippen LogP contribution in [0.25, 0.3) is 11.1 Å². The van der Waals surface area contributed by atoms with E-state index < -0.39 is 17.6 Å². The molecule has 0 bridgehead atoms. The highest BCUT2D eigenvalue weighted by molar-refractivity contribution is 5.80. The van der Waals surface area contributed by atoms with Gasteiger partial charge in [-0.1, -0.05) is 61.4 Å². The molecule has 2 aromatic carbocycles. The lowest BCUT2D eigenvalue weighted by molar-refractivity contribution is -0.139. The number of hydrogen-bond donors (Lipinski definition) is 3. The fraction of sp³-hybridized carbons (Fsp3) is 0.464. The monoisotopic (exact) mass is 476 g/mol. The van der Waals surface area contributed by atoms with Gasteiger partial charge < -0.3 is 20.5 Å². The van der Waals surface area contributed by atoms with Crippen molar-refractivity contribution in [2.45, 2.75) is 68.9 Å². The zero-order valence-electron chi connectivity index (χ0n) is 19.8. The Labute approximate surface area is 205 Å². The molecule has 5 rings (SSSR count). The predicted molar refractivity (Wildman–Crippen MR) is 131 cm³/mol. The molecule has 2 fully saturated rings. The first kappa shape index (κ1) is 23.4. The predicted octanol–water partition coefficient (Wildman–Crippen LogP) is 4.60. The summed E-state index contributed by atoms with van der Waals surface area (Å²) in [5.74, 6) is -0.757. The second-order valence-corrected chi connectivity index (χ2v) is 10.3. The first-order chi connectivity index (χ1) is 16.9. The summed E-state index contributed by atoms with van der Waals surface area (Å²) < 4.78 is 5.74. The highest BCUT2D eigenvalue weighted by Crippen LogP contribution is 2.44. The van der Waals surface area contributed by atoms with Gasteiger partial charge in [-0.05, 0) is 53.9 Å². The van der Waals surface area contributed by atoms with E-state index in [2.05, 4.69) is 34.9 Å². The van der Waals surface area contributed by atoms with Gasteiger partial charge in [0.15, 0.2) is 0 Å². The maximum absolute atomic E-state index is 12.9. The normalized spacial score (nSPS) is 21.9. The van der Waals surface area contributed by atoms with Crippen molar-refractivity contribution < 1.29 is 24.2 Å². The van der Waals surface area contributed by atoms with E-state index in [1.807, 2.05) is 24.3 Å². The average Bonchev–Trinajstić information content (AvgIpc) is 3.38. The van der Waals surface area contributed by atoms with Crippen molar-refractivity contribution in [1.82, 2.24) is 10.6 Å². The summed E-state index contributed by atoms with van der Waals surface area (Å²) in [5.41, 5.74) is 4.11. The van der Waals surface area contributed by atoms with Crippen molar-refractivity contribution in [2.24, 2.45) is 5.92 Å². The Balaban J connectivity index is 1.16. The van der Waals surface area contributed by atoms with Crippen molar-refractivity contribution in [1.29, 1.82) is 0 Å². The first-order valence-corrected chi connectivity index (χ1v) is 12.6. The van der Waals surface area contributed by atoms with Crippen LogP contribution in [0.2, 0.25) is 0 Å². The number of aliphatic carboxylic acids is 1. The van der Waals surface area contributed by atoms with Crippen LogP contribution in [0.5, 0.6) is 0 Å². The standard InChI is InChI=1S/C28H32N2O5/c31-25(29-19-13-18(14-19)15-26(32)33)16-28(11-5-6-12-28)30-27(34)35-17-24-22-9-3-1-7-20(22)21-8-2-4-10-23(21)24/h1-4,7-10,18-19,24H,5-6,11-17H2,(H,29,31)(H,30,34)(H,32,33). The van der Waals surface area contributed by atoms with Crippen molar-refractivity contribution in [3.05, 3.63) is 59.7 Å². The van der Waals surface area contributed by atoms with Crippen molar-refractivity contribution in [2.75, 3.05) is 6.61 Å². The van der Waals surface area contributed by atoms with E-state index in [-0.39, 0.29) is 43.2 Å². The van der Waals surface area contributed by atoms with Gasteiger partial charge in [-0.2, -0.15) is 0 Å². The van der Waals surface area contributed by atoms with Gasteiger partial charge in [0.1, 0.15) is 6.61 Å². The van der Waals surface area contributed by atoms with Crippen LogP contribution in [0.4, 0.5) is 4.79 Å². The molecule has 3 aliphatic carbocycles. The number of carboxylic acids is 1. The second-order valence-electron chi connectivity index (χ2n) is 10.3. The van der Waals surface area contributed by atoms with Crippen LogP contribution in [-0.2, 0) is 14.3 Å². The molecule has 184 valence electrons. The maximum Gasteiger partial charge on any atom is 0.407 e. The molecule has 0 atom stereocenters. The van der Waals surface area contributed by atoms with Gasteiger partial charge in [0.25, 0.3) is 0 Å². The van der Waals surface area contributed by atoms with E-state index in [4.69, 9.17) is 9.84 Å². The maximum atomic E-state index is 12.9. The fourth-order valence-corrected chi connectivity index (χ4v) is 6.10. The number of carbonyl (C=O) groups excluding carboxylic acids is 2. The van der Waals surface area contributed by atoms with Crippen LogP contribution in [0.1, 0.15) is 68.4 Å². The molecule has 7 heteroatoms. The zero-order chi connectivity index (χ0) is 24.4. The lowest BCUT2D eigenvalue weighted by Gasteiger charge is -2.36. The summed E-state index contributed by atoms with van der Waals surface area (Å²) >= 11 is 0. The molecule has 0 heterocycles. The highest BCUT2D eigenvalue weighted by Gasteiger charge is 2.40. The number of benzene rings is 2. The molecule has 7 nitrogen and oxygen atoms in total. The average molecular weight is 477 g/mol. The SMILES string of the molecule is O=C(O)CC1CC(NC(=O)CC2(NC(=O)OCC3c4ccccc4-c4ccccc43)CCCC2)C1. The summed E-state index contributed by atoms with van der Waals surface area (Å²) in [6.07, 6.45) is 4.70. The summed E-state index contributed by atoms with van der Waals surface area (Å²) in [4.78, 5) is 36.4. The summed E-state index contributed by atoms with van der Waals surface area (Å²) in [5, 5.41) is 15.0. The van der Waals surface area contributed by atoms with E-state index in [9.17, 15) is 14.4 Å². The largest absolute Gasteiger partial charge is 0.481 e. The number of ether oxygens (including phenoxy) is 1. The van der Waals surface area contributed by atoms with E-state index in [0.717, 1.165) is 36.8 Å². The number of alkyl carbamates (subject to hydrolysis) is 1. The van der Waals surface area contributed by atoms with Crippen LogP contribution < -0.4 is 10.6 Å². The molecular formula is C28H32N2O5. The molecule has 35 heavy (non-hydrogen) atoms. The number of fused-ring (bicyclic) bond motifs is 3. The Bertz CT molecular complexity index is 1070. The number of amides is 2. The van der Waals surface area contributed by atoms with Crippen molar-refractivity contribution in [3.8, 4) is 11.1 Å². The van der Waals surface area contributed by atoms with Gasteiger partial charge in [0, 0.05) is 24.8 Å². The third-order valence-electron chi connectivity index (χ3n) is 7.83. The minimum Gasteiger partial charge on any atom is -0.481 e. The lowest BCUT2D eigenvalue weighted by Crippen LogP contribution is -2.52. The summed E-state index contributed by atoms with van der Waals surface area (Å²) in [6.45, 7) is 0.245. The van der Waals surface area contributed by atoms with Crippen LogP contribution >= 0.6 is 0 Å². The number of hydrogen-bond acceptors (Lipinski definition) is 4. The summed E-state index contributed by atoms with van der Waals surface area (Å²) in [6, 6.07) is 16.5. The lowest BCUT2D eigenvalue weighted by atomic mass is 9.78. The Morgan fingerprint density at radius 1 is 0.943 bits per heavy atom. The molecule has 3 N–H and O–H groups in total. The Morgan fingerprint density at radius 2 is 1.54 bits per heavy atom. The van der Waals surface area contributed by atoms with E-state index in [1.54, 1.807) is 0 Å². The van der Waals surface area contributed by atoms with Gasteiger partial charge in [-0.15, -0.1) is 0 Å². The highest BCUT2D eigenvalue weighted by atomic mass is 16.5. The topological polar surface area (TPSA) is 105 Å². The molecule has 2 aromatic rings. The van der Waals surface area contributed by atoms with Gasteiger partial charge in [0.2, 0.25) is 5.91 Å². The van der Waals surface area contributed by atoms with Gasteiger partial charge in [0.05, 0.1) is 5.54 Å². The van der Waals surface area contributed by atoms with Gasteiger partial charge >= 0.3 is 12.1 Å². The molecule has 2 saturated carbocycles. The Kier molecular flexibility index (Phi) is 6.50. The smallest absolute Gasteiger partial charge is 0.407 e. The molecule has 3 aliphatic rings. The molecule has 0 radical (unpaired) electrons. The Morgan fingerprint density at radius 3 is 2.14 bits per heavy atom. The first-order valence-electron chi connectivity index (χ1n) is 12.6. The Hall–Kier alpha value is -3.35. The van der Waals surface area contributed by atoms with Crippen molar-refractivity contribution in [3.63, 3.8) is 0 Å². The van der Waals surface area contributed by atoms with E-state index in [0.29, 0.717) is 12.8 Å². The molecule has 2 amide bonds. The second kappa shape index (κ2) is 9.72. The van der Waals surface area contributed by atoms with Crippen LogP contribution in [-0.4, -0.2) is 41.3 Å². The number of nitrogens with one attached hydrogen (secondary N) is 2. The molecule has 0 spiro atoms. The van der Waals surface area contributed by atoms with Crippen LogP contribution in [0.15, 0.2) is 48.5 Å². The minimum absolute atomic E-state index is 0.00617. The minimum atomic E-state index is -0.794. The van der Waals surface area contributed by atoms with Crippen LogP contribution in [0, 0.1) is 5.92 Å². The van der Waals surface area contributed by atoms with Gasteiger partial charge in [-0.3, -0.25) is 9.59 Å². The van der Waals surface area contributed by atoms with Gasteiger partial charge in [-0.25, -0.2) is 4.79 Å².